The van der Waals surface area contributed by atoms with Gasteiger partial charge in [0.1, 0.15) is 0 Å². The predicted molar refractivity (Wildman–Crippen MR) is 83.2 cm³/mol. The number of primary sulfonamides is 1. The Morgan fingerprint density at radius 2 is 1.95 bits per heavy atom. The van der Waals surface area contributed by atoms with Crippen LogP contribution in [0.25, 0.3) is 0 Å². The number of sulfonamides is 1. The van der Waals surface area contributed by atoms with Gasteiger partial charge >= 0.3 is 0 Å². The quantitative estimate of drug-likeness (QED) is 0.788. The molecule has 1 rings (SSSR count). The van der Waals surface area contributed by atoms with Crippen LogP contribution >= 0.6 is 0 Å². The highest BCUT2D eigenvalue weighted by atomic mass is 32.2. The molecule has 0 aliphatic carbocycles. The number of hydrogen-bond acceptors (Lipinski definition) is 4. The van der Waals surface area contributed by atoms with E-state index in [0.717, 1.165) is 0 Å². The highest BCUT2D eigenvalue weighted by molar-refractivity contribution is 7.89. The Morgan fingerprint density at radius 1 is 1.33 bits per heavy atom. The molecule has 0 heterocycles. The zero-order valence-electron chi connectivity index (χ0n) is 12.3. The maximum atomic E-state index is 12.1. The fourth-order valence-electron chi connectivity index (χ4n) is 1.74. The van der Waals surface area contributed by atoms with Crippen molar-refractivity contribution < 1.29 is 17.4 Å². The Hall–Kier alpha value is -1.25. The molecule has 0 aliphatic heterocycles. The van der Waals surface area contributed by atoms with Crippen LogP contribution in [0.3, 0.4) is 0 Å². The monoisotopic (exact) mass is 332 g/mol. The molecule has 0 spiro atoms. The van der Waals surface area contributed by atoms with E-state index in [1.807, 2.05) is 0 Å². The molecule has 1 aromatic rings. The van der Waals surface area contributed by atoms with E-state index >= 15 is 0 Å². The van der Waals surface area contributed by atoms with Crippen LogP contribution in [0.2, 0.25) is 0 Å². The Bertz CT molecular complexity index is 669. The average Bonchev–Trinajstić information content (AvgIpc) is 2.39. The number of benzene rings is 1. The number of hydrogen-bond donors (Lipinski definition) is 2. The van der Waals surface area contributed by atoms with Gasteiger partial charge in [-0.25, -0.2) is 13.6 Å². The van der Waals surface area contributed by atoms with Gasteiger partial charge in [-0.3, -0.25) is 9.00 Å². The van der Waals surface area contributed by atoms with Crippen molar-refractivity contribution in [2.45, 2.75) is 25.7 Å². The fourth-order valence-corrected chi connectivity index (χ4v) is 2.99. The van der Waals surface area contributed by atoms with E-state index in [-0.39, 0.29) is 17.0 Å². The average molecular weight is 332 g/mol. The van der Waals surface area contributed by atoms with Crippen molar-refractivity contribution in [3.63, 3.8) is 0 Å². The van der Waals surface area contributed by atoms with E-state index in [9.17, 15) is 17.4 Å². The van der Waals surface area contributed by atoms with Crippen LogP contribution in [0, 0.1) is 13.8 Å². The molecule has 0 saturated heterocycles. The van der Waals surface area contributed by atoms with E-state index < -0.39 is 26.7 Å². The number of aryl methyl sites for hydroxylation is 1. The second-order valence-corrected chi connectivity index (χ2v) is 8.07. The van der Waals surface area contributed by atoms with Crippen LogP contribution in [0.5, 0.6) is 0 Å². The first kappa shape index (κ1) is 17.8. The van der Waals surface area contributed by atoms with Crippen molar-refractivity contribution >= 4 is 26.7 Å². The minimum absolute atomic E-state index is 0.0899. The molecule has 0 aromatic heterocycles. The molecule has 0 radical (unpaired) electrons. The second-order valence-electron chi connectivity index (χ2n) is 4.65. The van der Waals surface area contributed by atoms with Crippen molar-refractivity contribution in [2.75, 3.05) is 18.1 Å². The van der Waals surface area contributed by atoms with E-state index in [1.54, 1.807) is 20.8 Å². The molecule has 0 saturated carbocycles. The maximum absolute atomic E-state index is 12.1. The maximum Gasteiger partial charge on any atom is 0.251 e. The summed E-state index contributed by atoms with van der Waals surface area (Å²) in [5, 5.41) is 7.75. The molecule has 3 N–H and O–H groups in total. The van der Waals surface area contributed by atoms with Crippen LogP contribution in [0.1, 0.15) is 28.4 Å². The van der Waals surface area contributed by atoms with Crippen LogP contribution in [-0.2, 0) is 20.8 Å². The number of rotatable bonds is 6. The number of nitrogens with one attached hydrogen (secondary N) is 1. The summed E-state index contributed by atoms with van der Waals surface area (Å²) in [5.41, 5.74) is 1.63. The van der Waals surface area contributed by atoms with Gasteiger partial charge in [0.25, 0.3) is 5.91 Å². The standard InChI is InChI=1S/C13H20N2O4S2/c1-4-20(17)6-5-15-13(16)12-8-11(21(14,18)19)7-9(2)10(12)3/h7-8H,4-6H2,1-3H3,(H,15,16)(H2,14,18,19). The third-order valence-electron chi connectivity index (χ3n) is 3.15. The molecule has 0 aliphatic rings. The Kier molecular flexibility index (Phi) is 6.06. The van der Waals surface area contributed by atoms with E-state index in [4.69, 9.17) is 5.14 Å². The third kappa shape index (κ3) is 4.90. The van der Waals surface area contributed by atoms with Crippen LogP contribution in [0.4, 0.5) is 0 Å². The summed E-state index contributed by atoms with van der Waals surface area (Å²) in [7, 11) is -4.82. The summed E-state index contributed by atoms with van der Waals surface area (Å²) < 4.78 is 34.1. The first-order chi connectivity index (χ1) is 9.66. The molecule has 8 heteroatoms. The topological polar surface area (TPSA) is 106 Å². The smallest absolute Gasteiger partial charge is 0.251 e. The molecule has 118 valence electrons. The molecule has 1 aromatic carbocycles. The van der Waals surface area contributed by atoms with Crippen molar-refractivity contribution in [3.05, 3.63) is 28.8 Å². The molecule has 1 amide bonds. The summed E-state index contributed by atoms with van der Waals surface area (Å²) in [5.74, 6) is 0.513. The molecule has 0 bridgehead atoms. The summed E-state index contributed by atoms with van der Waals surface area (Å²) >= 11 is 0. The predicted octanol–water partition coefficient (Wildman–Crippen LogP) is 0.449. The lowest BCUT2D eigenvalue weighted by molar-refractivity contribution is 0.0955. The highest BCUT2D eigenvalue weighted by Crippen LogP contribution is 2.19. The lowest BCUT2D eigenvalue weighted by Crippen LogP contribution is -2.29. The summed E-state index contributed by atoms with van der Waals surface area (Å²) in [6, 6.07) is 2.71. The molecular weight excluding hydrogens is 312 g/mol. The normalized spacial score (nSPS) is 13.0. The summed E-state index contributed by atoms with van der Waals surface area (Å²) in [6.45, 7) is 5.53. The van der Waals surface area contributed by atoms with Crippen LogP contribution in [0.15, 0.2) is 17.0 Å². The van der Waals surface area contributed by atoms with Gasteiger partial charge in [0.2, 0.25) is 10.0 Å². The second kappa shape index (κ2) is 7.15. The van der Waals surface area contributed by atoms with E-state index in [1.165, 1.54) is 12.1 Å². The fraction of sp³-hybridized carbons (Fsp3) is 0.462. The van der Waals surface area contributed by atoms with Crippen molar-refractivity contribution in [1.82, 2.24) is 5.32 Å². The molecule has 1 unspecified atom stereocenters. The minimum atomic E-state index is -3.86. The Labute approximate surface area is 127 Å². The van der Waals surface area contributed by atoms with E-state index in [2.05, 4.69) is 5.32 Å². The van der Waals surface area contributed by atoms with Gasteiger partial charge < -0.3 is 5.32 Å². The number of nitrogens with two attached hydrogens (primary N) is 1. The van der Waals surface area contributed by atoms with E-state index in [0.29, 0.717) is 22.6 Å². The molecule has 1 atom stereocenters. The summed E-state index contributed by atoms with van der Waals surface area (Å²) in [6.07, 6.45) is 0. The lowest BCUT2D eigenvalue weighted by Gasteiger charge is -2.11. The lowest BCUT2D eigenvalue weighted by atomic mass is 10.0. The first-order valence-corrected chi connectivity index (χ1v) is 9.47. The van der Waals surface area contributed by atoms with Gasteiger partial charge in [-0.2, -0.15) is 0 Å². The van der Waals surface area contributed by atoms with Crippen LogP contribution < -0.4 is 10.5 Å². The Morgan fingerprint density at radius 3 is 2.48 bits per heavy atom. The van der Waals surface area contributed by atoms with Crippen molar-refractivity contribution in [3.8, 4) is 0 Å². The Balaban J connectivity index is 2.99. The van der Waals surface area contributed by atoms with Crippen molar-refractivity contribution in [1.29, 1.82) is 0 Å². The van der Waals surface area contributed by atoms with Gasteiger partial charge in [0.15, 0.2) is 0 Å². The SMILES string of the molecule is CCS(=O)CCNC(=O)c1cc(S(N)(=O)=O)cc(C)c1C. The van der Waals surface area contributed by atoms with Gasteiger partial charge in [0, 0.05) is 34.4 Å². The molecular formula is C13H20N2O4S2. The largest absolute Gasteiger partial charge is 0.351 e. The number of carbonyl (C=O) groups excluding carboxylic acids is 1. The first-order valence-electron chi connectivity index (χ1n) is 6.44. The highest BCUT2D eigenvalue weighted by Gasteiger charge is 2.16. The van der Waals surface area contributed by atoms with Crippen LogP contribution in [-0.4, -0.2) is 36.6 Å². The number of carbonyl (C=O) groups is 1. The summed E-state index contributed by atoms with van der Waals surface area (Å²) in [4.78, 5) is 12.0. The van der Waals surface area contributed by atoms with Gasteiger partial charge in [0.05, 0.1) is 4.90 Å². The third-order valence-corrected chi connectivity index (χ3v) is 5.35. The zero-order valence-corrected chi connectivity index (χ0v) is 13.9. The molecule has 6 nitrogen and oxygen atoms in total. The van der Waals surface area contributed by atoms with Gasteiger partial charge in [-0.05, 0) is 37.1 Å². The van der Waals surface area contributed by atoms with Gasteiger partial charge in [-0.1, -0.05) is 6.92 Å². The number of amides is 1. The van der Waals surface area contributed by atoms with Gasteiger partial charge in [-0.15, -0.1) is 0 Å². The molecule has 0 fully saturated rings. The molecule has 21 heavy (non-hydrogen) atoms. The zero-order chi connectivity index (χ0) is 16.2. The van der Waals surface area contributed by atoms with Crippen molar-refractivity contribution in [2.24, 2.45) is 5.14 Å². The minimum Gasteiger partial charge on any atom is -0.351 e.